The van der Waals surface area contributed by atoms with Gasteiger partial charge in [0.15, 0.2) is 0 Å². The lowest BCUT2D eigenvalue weighted by molar-refractivity contribution is 0.283. The van der Waals surface area contributed by atoms with Crippen LogP contribution in [0.4, 0.5) is 0 Å². The number of aliphatic hydroxyl groups excluding tert-OH is 1. The minimum Gasteiger partial charge on any atom is -0.403 e. The van der Waals surface area contributed by atoms with Gasteiger partial charge in [-0.15, -0.1) is 0 Å². The molecule has 0 saturated heterocycles. The van der Waals surface area contributed by atoms with Crippen LogP contribution in [0.1, 0.15) is 53.4 Å². The molecule has 0 atom stereocenters. The third-order valence-electron chi connectivity index (χ3n) is 5.87. The lowest BCUT2D eigenvalue weighted by Crippen LogP contribution is -2.66. The molecule has 0 bridgehead atoms. The summed E-state index contributed by atoms with van der Waals surface area (Å²) in [4.78, 5) is 0. The molecule has 33 heavy (non-hydrogen) atoms. The van der Waals surface area contributed by atoms with Crippen molar-refractivity contribution >= 4 is 34.6 Å². The first kappa shape index (κ1) is 27.5. The van der Waals surface area contributed by atoms with Gasteiger partial charge in [-0.05, 0) is 53.2 Å². The molecule has 0 radical (unpaired) electrons. The first-order valence-corrected chi connectivity index (χ1v) is 14.6. The zero-order chi connectivity index (χ0) is 24.2. The van der Waals surface area contributed by atoms with E-state index in [4.69, 9.17) is 9.53 Å². The van der Waals surface area contributed by atoms with Crippen molar-refractivity contribution in [3.05, 3.63) is 95.0 Å². The summed E-state index contributed by atoms with van der Waals surface area (Å²) in [5.41, 5.74) is 1.15. The maximum atomic E-state index is 8.89. The summed E-state index contributed by atoms with van der Waals surface area (Å²) in [6.07, 6.45) is 12.7. The van der Waals surface area contributed by atoms with Crippen molar-refractivity contribution in [3.8, 4) is 0 Å². The largest absolute Gasteiger partial charge is 0.403 e. The van der Waals surface area contributed by atoms with E-state index in [1.165, 1.54) is 10.4 Å². The summed E-state index contributed by atoms with van der Waals surface area (Å²) in [6.45, 7) is 9.82. The van der Waals surface area contributed by atoms with Crippen molar-refractivity contribution < 1.29 is 9.53 Å². The van der Waals surface area contributed by atoms with Crippen molar-refractivity contribution in [1.29, 1.82) is 0 Å². The highest BCUT2D eigenvalue weighted by atomic mass is 79.9. The normalized spacial score (nSPS) is 13.6. The number of hydrogen-bond acceptors (Lipinski definition) is 2. The lowest BCUT2D eigenvalue weighted by Gasteiger charge is -2.43. The minimum atomic E-state index is -2.55. The SMILES string of the molecule is C/C=C(/C=C(Br)/C=C/CCCCCO)CO[Si](c1ccccc1)(c1ccccc1)C(C)(C)C. The van der Waals surface area contributed by atoms with E-state index in [0.717, 1.165) is 35.7 Å². The van der Waals surface area contributed by atoms with Crippen molar-refractivity contribution in [2.24, 2.45) is 0 Å². The van der Waals surface area contributed by atoms with Gasteiger partial charge in [-0.2, -0.15) is 0 Å². The molecule has 0 aromatic heterocycles. The molecule has 1 N–H and O–H groups in total. The summed E-state index contributed by atoms with van der Waals surface area (Å²) in [5, 5.41) is 11.4. The standard InChI is InChI=1S/C29H39BrO2Si/c1-5-25(23-26(30)17-11-7-6-8-16-22-31)24-32-33(29(2,3)4,27-18-12-9-13-19-27)28-20-14-10-15-21-28/h5,9-15,17-21,23,31H,6-8,16,22,24H2,1-4H3/b17-11+,25-5-,26-23-. The van der Waals surface area contributed by atoms with E-state index in [0.29, 0.717) is 6.61 Å². The highest BCUT2D eigenvalue weighted by Gasteiger charge is 2.50. The fourth-order valence-electron chi connectivity index (χ4n) is 4.13. The third-order valence-corrected chi connectivity index (χ3v) is 11.3. The number of rotatable bonds is 12. The van der Waals surface area contributed by atoms with Gasteiger partial charge in [0, 0.05) is 11.1 Å². The average Bonchev–Trinajstić information content (AvgIpc) is 2.81. The Morgan fingerprint density at radius 1 is 0.939 bits per heavy atom. The number of benzene rings is 2. The van der Waals surface area contributed by atoms with Crippen LogP contribution >= 0.6 is 15.9 Å². The predicted molar refractivity (Wildman–Crippen MR) is 149 cm³/mol. The highest BCUT2D eigenvalue weighted by molar-refractivity contribution is 9.11. The van der Waals surface area contributed by atoms with Crippen molar-refractivity contribution in [2.75, 3.05) is 13.2 Å². The second kappa shape index (κ2) is 13.9. The Morgan fingerprint density at radius 3 is 2.00 bits per heavy atom. The number of hydrogen-bond donors (Lipinski definition) is 1. The van der Waals surface area contributed by atoms with Crippen molar-refractivity contribution in [2.45, 2.75) is 58.4 Å². The van der Waals surface area contributed by atoms with Gasteiger partial charge in [0.2, 0.25) is 0 Å². The molecule has 0 unspecified atom stereocenters. The van der Waals surface area contributed by atoms with Gasteiger partial charge >= 0.3 is 0 Å². The summed E-state index contributed by atoms with van der Waals surface area (Å²) >= 11 is 3.70. The third kappa shape index (κ3) is 7.92. The van der Waals surface area contributed by atoms with Gasteiger partial charge in [0.25, 0.3) is 8.32 Å². The molecule has 2 rings (SSSR count). The fraction of sp³-hybridized carbons (Fsp3) is 0.379. The van der Waals surface area contributed by atoms with E-state index in [9.17, 15) is 0 Å². The van der Waals surface area contributed by atoms with Crippen LogP contribution < -0.4 is 10.4 Å². The molecule has 0 saturated carbocycles. The van der Waals surface area contributed by atoms with Gasteiger partial charge in [0.1, 0.15) is 0 Å². The summed E-state index contributed by atoms with van der Waals surface area (Å²) in [6, 6.07) is 21.5. The number of unbranched alkanes of at least 4 members (excludes halogenated alkanes) is 3. The Bertz CT molecular complexity index is 872. The molecule has 2 aromatic carbocycles. The summed E-state index contributed by atoms with van der Waals surface area (Å²) < 4.78 is 8.09. The van der Waals surface area contributed by atoms with Crippen LogP contribution in [0.15, 0.2) is 95.0 Å². The Balaban J connectivity index is 2.27. The summed E-state index contributed by atoms with van der Waals surface area (Å²) in [5.74, 6) is 0. The molecular formula is C29H39BrO2Si. The van der Waals surface area contributed by atoms with E-state index in [1.54, 1.807) is 0 Å². The topological polar surface area (TPSA) is 29.5 Å². The second-order valence-corrected chi connectivity index (χ2v) is 14.5. The zero-order valence-electron chi connectivity index (χ0n) is 20.6. The van der Waals surface area contributed by atoms with E-state index >= 15 is 0 Å². The lowest BCUT2D eigenvalue weighted by atomic mass is 10.2. The molecule has 0 amide bonds. The van der Waals surface area contributed by atoms with Crippen LogP contribution in [-0.2, 0) is 4.43 Å². The molecule has 0 spiro atoms. The molecule has 0 aliphatic heterocycles. The fourth-order valence-corrected chi connectivity index (χ4v) is 9.15. The van der Waals surface area contributed by atoms with E-state index in [-0.39, 0.29) is 11.6 Å². The van der Waals surface area contributed by atoms with Gasteiger partial charge in [-0.25, -0.2) is 0 Å². The van der Waals surface area contributed by atoms with Crippen LogP contribution in [-0.4, -0.2) is 26.6 Å². The molecular weight excluding hydrogens is 488 g/mol. The Morgan fingerprint density at radius 2 is 1.52 bits per heavy atom. The first-order valence-electron chi connectivity index (χ1n) is 11.9. The van der Waals surface area contributed by atoms with Gasteiger partial charge in [-0.1, -0.05) is 122 Å². The van der Waals surface area contributed by atoms with Crippen LogP contribution in [0.3, 0.4) is 0 Å². The maximum absolute atomic E-state index is 8.89. The summed E-state index contributed by atoms with van der Waals surface area (Å²) in [7, 11) is -2.55. The molecule has 0 aliphatic carbocycles. The van der Waals surface area contributed by atoms with E-state index < -0.39 is 8.32 Å². The molecule has 2 aromatic rings. The van der Waals surface area contributed by atoms with Crippen LogP contribution in [0.5, 0.6) is 0 Å². The highest BCUT2D eigenvalue weighted by Crippen LogP contribution is 2.37. The first-order chi connectivity index (χ1) is 15.8. The molecule has 0 aliphatic rings. The quantitative estimate of drug-likeness (QED) is 0.185. The Kier molecular flexibility index (Phi) is 11.6. The molecule has 178 valence electrons. The van der Waals surface area contributed by atoms with Gasteiger partial charge in [-0.3, -0.25) is 0 Å². The van der Waals surface area contributed by atoms with Crippen LogP contribution in [0.25, 0.3) is 0 Å². The smallest absolute Gasteiger partial charge is 0.261 e. The molecule has 2 nitrogen and oxygen atoms in total. The Hall–Kier alpha value is -1.72. The number of halogens is 1. The zero-order valence-corrected chi connectivity index (χ0v) is 23.1. The van der Waals surface area contributed by atoms with Crippen molar-refractivity contribution in [1.82, 2.24) is 0 Å². The number of aliphatic hydroxyl groups is 1. The Labute approximate surface area is 210 Å². The molecule has 0 heterocycles. The van der Waals surface area contributed by atoms with Crippen LogP contribution in [0.2, 0.25) is 5.04 Å². The second-order valence-electron chi connectivity index (χ2n) is 9.32. The van der Waals surface area contributed by atoms with E-state index in [2.05, 4.69) is 129 Å². The number of allylic oxidation sites excluding steroid dienone is 4. The monoisotopic (exact) mass is 526 g/mol. The maximum Gasteiger partial charge on any atom is 0.261 e. The predicted octanol–water partition coefficient (Wildman–Crippen LogP) is 6.90. The minimum absolute atomic E-state index is 0.0377. The van der Waals surface area contributed by atoms with E-state index in [1.807, 2.05) is 0 Å². The van der Waals surface area contributed by atoms with Crippen LogP contribution in [0, 0.1) is 0 Å². The van der Waals surface area contributed by atoms with Gasteiger partial charge in [0.05, 0.1) is 6.61 Å². The average molecular weight is 528 g/mol. The molecule has 0 fully saturated rings. The van der Waals surface area contributed by atoms with Gasteiger partial charge < -0.3 is 9.53 Å². The van der Waals surface area contributed by atoms with Crippen molar-refractivity contribution in [3.63, 3.8) is 0 Å². The molecule has 4 heteroatoms.